The Balaban J connectivity index is 2.13. The van der Waals surface area contributed by atoms with E-state index < -0.39 is 36.6 Å². The minimum atomic E-state index is -1.30. The van der Waals surface area contributed by atoms with E-state index in [0.29, 0.717) is 0 Å². The Bertz CT molecular complexity index is 154. The fraction of sp³-hybridized carbons (Fsp3) is 1.00. The highest BCUT2D eigenvalue weighted by molar-refractivity contribution is 5.07. The van der Waals surface area contributed by atoms with Crippen LogP contribution >= 0.6 is 0 Å². The van der Waals surface area contributed by atoms with Crippen molar-refractivity contribution in [2.24, 2.45) is 0 Å². The molecule has 64 valence electrons. The Morgan fingerprint density at radius 3 is 1.36 bits per heavy atom. The first-order valence-electron chi connectivity index (χ1n) is 3.50. The predicted octanol–water partition coefficient (Wildman–Crippen LogP) is -2.79. The molecular weight excluding hydrogens is 152 g/mol. The summed E-state index contributed by atoms with van der Waals surface area (Å²) < 4.78 is 4.82. The van der Waals surface area contributed by atoms with Crippen molar-refractivity contribution in [3.05, 3.63) is 0 Å². The van der Waals surface area contributed by atoms with E-state index in [1.54, 1.807) is 0 Å². The lowest BCUT2D eigenvalue weighted by Crippen LogP contribution is -2.53. The second-order valence-corrected chi connectivity index (χ2v) is 3.03. The number of ether oxygens (including phenoxy) is 1. The second kappa shape index (κ2) is 2.15. The third kappa shape index (κ3) is 0.896. The van der Waals surface area contributed by atoms with Gasteiger partial charge in [-0.2, -0.15) is 0 Å². The Kier molecular flexibility index (Phi) is 1.45. The van der Waals surface area contributed by atoms with Crippen molar-refractivity contribution in [1.29, 1.82) is 0 Å². The molecule has 2 rings (SSSR count). The van der Waals surface area contributed by atoms with Crippen LogP contribution in [0.5, 0.6) is 0 Å². The number of hydrogen-bond donors (Lipinski definition) is 4. The average molecular weight is 162 g/mol. The van der Waals surface area contributed by atoms with Crippen LogP contribution in [-0.2, 0) is 4.74 Å². The largest absolute Gasteiger partial charge is 0.387 e. The lowest BCUT2D eigenvalue weighted by molar-refractivity contribution is -0.121. The lowest BCUT2D eigenvalue weighted by atomic mass is 9.90. The first kappa shape index (κ1) is 7.45. The summed E-state index contributed by atoms with van der Waals surface area (Å²) in [5.41, 5.74) is 0. The first-order valence-corrected chi connectivity index (χ1v) is 3.50. The quantitative estimate of drug-likeness (QED) is 0.289. The van der Waals surface area contributed by atoms with Crippen molar-refractivity contribution >= 4 is 0 Å². The van der Waals surface area contributed by atoms with Gasteiger partial charge in [0.15, 0.2) is 0 Å². The molecule has 6 atom stereocenters. The topological polar surface area (TPSA) is 93.5 Å². The van der Waals surface area contributed by atoms with Gasteiger partial charge in [-0.1, -0.05) is 0 Å². The van der Waals surface area contributed by atoms with Crippen molar-refractivity contribution in [1.82, 2.24) is 0 Å². The fourth-order valence-corrected chi connectivity index (χ4v) is 1.48. The molecule has 0 radical (unpaired) electrons. The Labute approximate surface area is 62.8 Å². The minimum absolute atomic E-state index is 0.497. The van der Waals surface area contributed by atoms with Crippen LogP contribution in [0.4, 0.5) is 0 Å². The van der Waals surface area contributed by atoms with Crippen LogP contribution in [0.25, 0.3) is 0 Å². The summed E-state index contributed by atoms with van der Waals surface area (Å²) in [6.45, 7) is 0. The Morgan fingerprint density at radius 2 is 1.00 bits per heavy atom. The zero-order valence-electron chi connectivity index (χ0n) is 5.66. The molecule has 1 heterocycles. The smallest absolute Gasteiger partial charge is 0.115 e. The summed E-state index contributed by atoms with van der Waals surface area (Å²) in [4.78, 5) is 0. The van der Waals surface area contributed by atoms with Crippen molar-refractivity contribution in [2.45, 2.75) is 36.6 Å². The number of hydrogen-bond acceptors (Lipinski definition) is 5. The lowest BCUT2D eigenvalue weighted by Gasteiger charge is -2.28. The molecule has 11 heavy (non-hydrogen) atoms. The van der Waals surface area contributed by atoms with Gasteiger partial charge in [0.2, 0.25) is 0 Å². The number of aliphatic hydroxyl groups is 4. The van der Waals surface area contributed by atoms with E-state index in [0.717, 1.165) is 0 Å². The van der Waals surface area contributed by atoms with Crippen LogP contribution in [0, 0.1) is 0 Å². The maximum absolute atomic E-state index is 9.13. The van der Waals surface area contributed by atoms with Crippen LogP contribution in [-0.4, -0.2) is 57.0 Å². The zero-order valence-corrected chi connectivity index (χ0v) is 5.66. The molecule has 5 unspecified atom stereocenters. The van der Waals surface area contributed by atoms with E-state index in [1.807, 2.05) is 0 Å². The van der Waals surface area contributed by atoms with E-state index in [1.165, 1.54) is 0 Å². The monoisotopic (exact) mass is 162 g/mol. The highest BCUT2D eigenvalue weighted by atomic mass is 16.6. The summed E-state index contributed by atoms with van der Waals surface area (Å²) in [5.74, 6) is 0. The molecule has 2 aliphatic rings. The van der Waals surface area contributed by atoms with Gasteiger partial charge in [0.1, 0.15) is 36.6 Å². The number of rotatable bonds is 0. The third-order valence-electron chi connectivity index (χ3n) is 2.28. The van der Waals surface area contributed by atoms with Gasteiger partial charge in [-0.05, 0) is 0 Å². The molecule has 1 aliphatic carbocycles. The molecule has 2 fully saturated rings. The van der Waals surface area contributed by atoms with Gasteiger partial charge in [0.05, 0.1) is 0 Å². The molecule has 0 aromatic heterocycles. The number of fused-ring (bicyclic) bond motifs is 1. The van der Waals surface area contributed by atoms with Gasteiger partial charge < -0.3 is 25.2 Å². The highest BCUT2D eigenvalue weighted by Crippen LogP contribution is 2.37. The van der Waals surface area contributed by atoms with Crippen molar-refractivity contribution in [2.75, 3.05) is 0 Å². The molecule has 5 nitrogen and oxygen atoms in total. The van der Waals surface area contributed by atoms with E-state index >= 15 is 0 Å². The SMILES string of the molecule is OC1C(O)C(O)[C@@H](O)C2OC12. The van der Waals surface area contributed by atoms with E-state index in [-0.39, 0.29) is 0 Å². The summed E-state index contributed by atoms with van der Waals surface area (Å²) in [5, 5.41) is 36.4. The molecule has 0 aromatic rings. The molecule has 0 aromatic carbocycles. The van der Waals surface area contributed by atoms with E-state index in [2.05, 4.69) is 0 Å². The molecule has 1 aliphatic heterocycles. The molecule has 0 amide bonds. The van der Waals surface area contributed by atoms with Crippen LogP contribution in [0.2, 0.25) is 0 Å². The number of aliphatic hydroxyl groups excluding tert-OH is 4. The van der Waals surface area contributed by atoms with Crippen molar-refractivity contribution in [3.8, 4) is 0 Å². The molecule has 1 saturated carbocycles. The molecule has 5 heteroatoms. The van der Waals surface area contributed by atoms with Gasteiger partial charge in [-0.3, -0.25) is 0 Å². The normalized spacial score (nSPS) is 62.2. The van der Waals surface area contributed by atoms with E-state index in [4.69, 9.17) is 25.2 Å². The standard InChI is InChI=1S/C6H10O5/c7-1-2(8)4(10)6-5(11-6)3(1)9/h1-10H/t1?,2?,3-,4?,5?,6?/m1/s1. The fourth-order valence-electron chi connectivity index (χ4n) is 1.48. The van der Waals surface area contributed by atoms with Crippen molar-refractivity contribution < 1.29 is 25.2 Å². The third-order valence-corrected chi connectivity index (χ3v) is 2.28. The molecule has 0 bridgehead atoms. The maximum Gasteiger partial charge on any atom is 0.115 e. The molecule has 4 N–H and O–H groups in total. The van der Waals surface area contributed by atoms with Crippen LogP contribution < -0.4 is 0 Å². The minimum Gasteiger partial charge on any atom is -0.387 e. The zero-order chi connectivity index (χ0) is 8.17. The Hall–Kier alpha value is -0.200. The summed E-state index contributed by atoms with van der Waals surface area (Å²) in [6.07, 6.45) is -5.73. The summed E-state index contributed by atoms with van der Waals surface area (Å²) in [6, 6.07) is 0. The van der Waals surface area contributed by atoms with Gasteiger partial charge in [0, 0.05) is 0 Å². The average Bonchev–Trinajstić information content (AvgIpc) is 2.76. The van der Waals surface area contributed by atoms with Crippen LogP contribution in [0.1, 0.15) is 0 Å². The predicted molar refractivity (Wildman–Crippen MR) is 32.7 cm³/mol. The maximum atomic E-state index is 9.13. The van der Waals surface area contributed by atoms with Gasteiger partial charge in [-0.15, -0.1) is 0 Å². The van der Waals surface area contributed by atoms with Gasteiger partial charge in [-0.25, -0.2) is 0 Å². The molecule has 1 saturated heterocycles. The van der Waals surface area contributed by atoms with Crippen molar-refractivity contribution in [3.63, 3.8) is 0 Å². The van der Waals surface area contributed by atoms with Gasteiger partial charge in [0.25, 0.3) is 0 Å². The number of epoxide rings is 1. The molecular formula is C6H10O5. The van der Waals surface area contributed by atoms with Gasteiger partial charge >= 0.3 is 0 Å². The van der Waals surface area contributed by atoms with Crippen LogP contribution in [0.15, 0.2) is 0 Å². The summed E-state index contributed by atoms with van der Waals surface area (Å²) >= 11 is 0. The first-order chi connectivity index (χ1) is 5.13. The Morgan fingerprint density at radius 1 is 0.636 bits per heavy atom. The second-order valence-electron chi connectivity index (χ2n) is 3.03. The van der Waals surface area contributed by atoms with Crippen LogP contribution in [0.3, 0.4) is 0 Å². The van der Waals surface area contributed by atoms with E-state index in [9.17, 15) is 0 Å². The summed E-state index contributed by atoms with van der Waals surface area (Å²) in [7, 11) is 0. The highest BCUT2D eigenvalue weighted by Gasteiger charge is 2.59. The molecule has 0 spiro atoms.